The molecule has 28 heavy (non-hydrogen) atoms. The van der Waals surface area contributed by atoms with Gasteiger partial charge in [-0.1, -0.05) is 18.2 Å². The van der Waals surface area contributed by atoms with Crippen molar-refractivity contribution in [2.24, 2.45) is 5.10 Å². The van der Waals surface area contributed by atoms with Gasteiger partial charge in [0, 0.05) is 0 Å². The molecule has 0 fully saturated rings. The molecular formula is C21H19N3O3S. The van der Waals surface area contributed by atoms with E-state index in [0.29, 0.717) is 22.7 Å². The summed E-state index contributed by atoms with van der Waals surface area (Å²) in [5.74, 6) is 0.108. The number of nitrogens with zero attached hydrogens (tertiary/aromatic N) is 1. The monoisotopic (exact) mass is 393 g/mol. The van der Waals surface area contributed by atoms with Gasteiger partial charge in [0.25, 0.3) is 11.8 Å². The van der Waals surface area contributed by atoms with E-state index in [0.717, 1.165) is 11.3 Å². The molecular weight excluding hydrogens is 374 g/mol. The molecule has 0 radical (unpaired) electrons. The Balaban J connectivity index is 1.65. The lowest BCUT2D eigenvalue weighted by molar-refractivity contribution is 0.0956. The Morgan fingerprint density at radius 2 is 1.82 bits per heavy atom. The lowest BCUT2D eigenvalue weighted by Crippen LogP contribution is -2.21. The van der Waals surface area contributed by atoms with E-state index in [1.165, 1.54) is 11.3 Å². The number of rotatable bonds is 7. The SMILES string of the molecule is CCOc1ccc(C=NNC(=O)c2ccccc2NC(=O)c2cccs2)cc1. The van der Waals surface area contributed by atoms with E-state index < -0.39 is 5.91 Å². The van der Waals surface area contributed by atoms with Gasteiger partial charge in [-0.25, -0.2) is 5.43 Å². The van der Waals surface area contributed by atoms with E-state index in [9.17, 15) is 9.59 Å². The van der Waals surface area contributed by atoms with Crippen molar-refractivity contribution >= 4 is 35.1 Å². The average molecular weight is 393 g/mol. The maximum atomic E-state index is 12.5. The third-order valence-electron chi connectivity index (χ3n) is 3.74. The first-order chi connectivity index (χ1) is 13.7. The Morgan fingerprint density at radius 3 is 2.54 bits per heavy atom. The van der Waals surface area contributed by atoms with E-state index in [1.54, 1.807) is 42.6 Å². The van der Waals surface area contributed by atoms with Crippen molar-refractivity contribution in [1.29, 1.82) is 0 Å². The molecule has 0 saturated carbocycles. The largest absolute Gasteiger partial charge is 0.494 e. The highest BCUT2D eigenvalue weighted by atomic mass is 32.1. The molecule has 2 aromatic carbocycles. The van der Waals surface area contributed by atoms with Crippen LogP contribution in [0.4, 0.5) is 5.69 Å². The van der Waals surface area contributed by atoms with Gasteiger partial charge in [0.1, 0.15) is 5.75 Å². The third kappa shape index (κ3) is 5.05. The van der Waals surface area contributed by atoms with E-state index >= 15 is 0 Å². The van der Waals surface area contributed by atoms with Crippen LogP contribution >= 0.6 is 11.3 Å². The number of nitrogens with one attached hydrogen (secondary N) is 2. The van der Waals surface area contributed by atoms with Gasteiger partial charge in [0.2, 0.25) is 0 Å². The summed E-state index contributed by atoms with van der Waals surface area (Å²) in [4.78, 5) is 25.3. The first-order valence-corrected chi connectivity index (χ1v) is 9.55. The van der Waals surface area contributed by atoms with Gasteiger partial charge in [0.15, 0.2) is 0 Å². The predicted molar refractivity (Wildman–Crippen MR) is 111 cm³/mol. The molecule has 0 bridgehead atoms. The number of hydrogen-bond donors (Lipinski definition) is 2. The molecule has 1 heterocycles. The summed E-state index contributed by atoms with van der Waals surface area (Å²) in [6.45, 7) is 2.53. The quantitative estimate of drug-likeness (QED) is 0.467. The number of carbonyl (C=O) groups excluding carboxylic acids is 2. The molecule has 0 aliphatic heterocycles. The van der Waals surface area contributed by atoms with Crippen molar-refractivity contribution in [2.75, 3.05) is 11.9 Å². The van der Waals surface area contributed by atoms with Crippen molar-refractivity contribution in [3.8, 4) is 5.75 Å². The van der Waals surface area contributed by atoms with Gasteiger partial charge in [-0.05, 0) is 60.3 Å². The van der Waals surface area contributed by atoms with E-state index in [4.69, 9.17) is 4.74 Å². The number of carbonyl (C=O) groups is 2. The standard InChI is InChI=1S/C21H19N3O3S/c1-2-27-16-11-9-15(10-12-16)14-22-24-20(25)17-6-3-4-7-18(17)23-21(26)19-8-5-13-28-19/h3-14H,2H2,1H3,(H,23,26)(H,24,25). The minimum atomic E-state index is -0.413. The second-order valence-corrected chi connectivity index (χ2v) is 6.63. The van der Waals surface area contributed by atoms with Crippen molar-refractivity contribution < 1.29 is 14.3 Å². The molecule has 3 aromatic rings. The second kappa shape index (κ2) is 9.48. The minimum absolute atomic E-state index is 0.256. The van der Waals surface area contributed by atoms with Gasteiger partial charge < -0.3 is 10.1 Å². The summed E-state index contributed by atoms with van der Waals surface area (Å²) in [5.41, 5.74) is 4.06. The van der Waals surface area contributed by atoms with Crippen molar-refractivity contribution in [3.05, 3.63) is 82.0 Å². The van der Waals surface area contributed by atoms with Crippen LogP contribution in [0.15, 0.2) is 71.1 Å². The highest BCUT2D eigenvalue weighted by molar-refractivity contribution is 7.12. The van der Waals surface area contributed by atoms with Crippen LogP contribution in [0.2, 0.25) is 0 Å². The molecule has 3 rings (SSSR count). The van der Waals surface area contributed by atoms with E-state index in [1.807, 2.05) is 36.6 Å². The molecule has 0 saturated heterocycles. The van der Waals surface area contributed by atoms with Gasteiger partial charge >= 0.3 is 0 Å². The van der Waals surface area contributed by atoms with Crippen LogP contribution in [0.1, 0.15) is 32.5 Å². The van der Waals surface area contributed by atoms with Crippen LogP contribution in [0.25, 0.3) is 0 Å². The van der Waals surface area contributed by atoms with Gasteiger partial charge in [-0.15, -0.1) is 11.3 Å². The summed E-state index contributed by atoms with van der Waals surface area (Å²) in [6.07, 6.45) is 1.54. The number of benzene rings is 2. The zero-order valence-electron chi connectivity index (χ0n) is 15.2. The maximum absolute atomic E-state index is 12.5. The Hall–Kier alpha value is -3.45. The number of thiophene rings is 1. The van der Waals surface area contributed by atoms with Crippen molar-refractivity contribution in [1.82, 2.24) is 5.43 Å². The molecule has 6 nitrogen and oxygen atoms in total. The van der Waals surface area contributed by atoms with Gasteiger partial charge in [-0.3, -0.25) is 9.59 Å². The fourth-order valence-corrected chi connectivity index (χ4v) is 3.04. The number of hydrogen-bond acceptors (Lipinski definition) is 5. The second-order valence-electron chi connectivity index (χ2n) is 5.68. The molecule has 0 aliphatic carbocycles. The summed E-state index contributed by atoms with van der Waals surface area (Å²) in [7, 11) is 0. The van der Waals surface area contributed by atoms with Gasteiger partial charge in [0.05, 0.1) is 28.9 Å². The molecule has 1 aromatic heterocycles. The predicted octanol–water partition coefficient (Wildman–Crippen LogP) is 4.16. The number of anilines is 1. The van der Waals surface area contributed by atoms with Crippen molar-refractivity contribution in [2.45, 2.75) is 6.92 Å². The Kier molecular flexibility index (Phi) is 6.54. The molecule has 0 atom stereocenters. The normalized spacial score (nSPS) is 10.6. The van der Waals surface area contributed by atoms with Crippen LogP contribution < -0.4 is 15.5 Å². The third-order valence-corrected chi connectivity index (χ3v) is 4.60. The van der Waals surface area contributed by atoms with Crippen LogP contribution in [0.5, 0.6) is 5.75 Å². The minimum Gasteiger partial charge on any atom is -0.494 e. The first-order valence-electron chi connectivity index (χ1n) is 8.67. The Bertz CT molecular complexity index is 967. The number of hydrazone groups is 1. The molecule has 2 amide bonds. The fourth-order valence-electron chi connectivity index (χ4n) is 2.42. The van der Waals surface area contributed by atoms with E-state index in [2.05, 4.69) is 15.8 Å². The number of amides is 2. The van der Waals surface area contributed by atoms with Crippen molar-refractivity contribution in [3.63, 3.8) is 0 Å². The summed E-state index contributed by atoms with van der Waals surface area (Å²) in [5, 5.41) is 8.58. The first kappa shape index (κ1) is 19.3. The zero-order valence-corrected chi connectivity index (χ0v) is 16.0. The molecule has 0 aliphatic rings. The Morgan fingerprint density at radius 1 is 1.04 bits per heavy atom. The smallest absolute Gasteiger partial charge is 0.273 e. The molecule has 0 spiro atoms. The van der Waals surface area contributed by atoms with Crippen LogP contribution in [-0.2, 0) is 0 Å². The van der Waals surface area contributed by atoms with Crippen LogP contribution in [0, 0.1) is 0 Å². The average Bonchev–Trinajstić information content (AvgIpc) is 3.25. The molecule has 142 valence electrons. The zero-order chi connectivity index (χ0) is 19.8. The fraction of sp³-hybridized carbons (Fsp3) is 0.0952. The lowest BCUT2D eigenvalue weighted by Gasteiger charge is -2.09. The lowest BCUT2D eigenvalue weighted by atomic mass is 10.1. The summed E-state index contributed by atoms with van der Waals surface area (Å²) in [6, 6.07) is 17.7. The van der Waals surface area contributed by atoms with Crippen LogP contribution in [-0.4, -0.2) is 24.6 Å². The number of ether oxygens (including phenoxy) is 1. The maximum Gasteiger partial charge on any atom is 0.273 e. The van der Waals surface area contributed by atoms with Gasteiger partial charge in [-0.2, -0.15) is 5.10 Å². The summed E-state index contributed by atoms with van der Waals surface area (Å²) < 4.78 is 5.38. The highest BCUT2D eigenvalue weighted by Crippen LogP contribution is 2.18. The molecule has 2 N–H and O–H groups in total. The van der Waals surface area contributed by atoms with E-state index in [-0.39, 0.29) is 5.91 Å². The topological polar surface area (TPSA) is 79.8 Å². The molecule has 0 unspecified atom stereocenters. The highest BCUT2D eigenvalue weighted by Gasteiger charge is 2.14. The Labute approximate surface area is 166 Å². The number of para-hydroxylation sites is 1. The molecule has 7 heteroatoms. The summed E-state index contributed by atoms with van der Waals surface area (Å²) >= 11 is 1.33. The van der Waals surface area contributed by atoms with Crippen LogP contribution in [0.3, 0.4) is 0 Å².